The number of hydrogen-bond donors (Lipinski definition) is 0. The summed E-state index contributed by atoms with van der Waals surface area (Å²) >= 11 is 8.20. The molecule has 0 aliphatic heterocycles. The van der Waals surface area contributed by atoms with Gasteiger partial charge in [0.05, 0.1) is 20.0 Å². The summed E-state index contributed by atoms with van der Waals surface area (Å²) in [5, 5.41) is -0.250. The van der Waals surface area contributed by atoms with E-state index in [1.54, 1.807) is 18.5 Å². The van der Waals surface area contributed by atoms with Crippen molar-refractivity contribution in [3.8, 4) is 0 Å². The van der Waals surface area contributed by atoms with Crippen LogP contribution in [0.2, 0.25) is 0 Å². The zero-order valence-electron chi connectivity index (χ0n) is 11.2. The van der Waals surface area contributed by atoms with Gasteiger partial charge in [-0.25, -0.2) is 9.37 Å². The summed E-state index contributed by atoms with van der Waals surface area (Å²) < 4.78 is 16.4. The molecule has 3 nitrogen and oxygen atoms in total. The van der Waals surface area contributed by atoms with E-state index in [-0.39, 0.29) is 11.2 Å². The van der Waals surface area contributed by atoms with Crippen LogP contribution in [0.4, 0.5) is 4.39 Å². The molecule has 3 aromatic rings. The van der Waals surface area contributed by atoms with Crippen LogP contribution in [0.5, 0.6) is 0 Å². The second-order valence-electron chi connectivity index (χ2n) is 4.78. The molecule has 0 saturated carbocycles. The zero-order valence-corrected chi connectivity index (χ0v) is 14.1. The summed E-state index contributed by atoms with van der Waals surface area (Å²) in [6.45, 7) is 2.46. The maximum absolute atomic E-state index is 13.9. The topological polar surface area (TPSA) is 30.7 Å². The molecule has 2 heterocycles. The van der Waals surface area contributed by atoms with Crippen LogP contribution in [-0.2, 0) is 6.54 Å². The number of benzene rings is 1. The molecule has 0 bridgehead atoms. The molecule has 2 aromatic heterocycles. The molecule has 108 valence electrons. The summed E-state index contributed by atoms with van der Waals surface area (Å²) in [4.78, 5) is 8.56. The number of imidazole rings is 1. The van der Waals surface area contributed by atoms with Crippen LogP contribution in [0.1, 0.15) is 23.7 Å². The lowest BCUT2D eigenvalue weighted by atomic mass is 10.2. The summed E-state index contributed by atoms with van der Waals surface area (Å²) in [7, 11) is 0. The minimum Gasteiger partial charge on any atom is -0.322 e. The number of rotatable bonds is 3. The van der Waals surface area contributed by atoms with Crippen LogP contribution in [0, 0.1) is 9.39 Å². The molecule has 0 radical (unpaired) electrons. The van der Waals surface area contributed by atoms with Gasteiger partial charge in [-0.1, -0.05) is 0 Å². The van der Waals surface area contributed by atoms with Gasteiger partial charge < -0.3 is 4.57 Å². The second-order valence-corrected chi connectivity index (χ2v) is 6.60. The van der Waals surface area contributed by atoms with Gasteiger partial charge in [0, 0.05) is 25.0 Å². The third-order valence-electron chi connectivity index (χ3n) is 3.27. The maximum atomic E-state index is 13.9. The lowest BCUT2D eigenvalue weighted by molar-refractivity contribution is 0.620. The van der Waals surface area contributed by atoms with Crippen molar-refractivity contribution in [3.63, 3.8) is 0 Å². The number of pyridine rings is 1. The van der Waals surface area contributed by atoms with Crippen molar-refractivity contribution in [3.05, 3.63) is 57.4 Å². The Hall–Kier alpha value is -1.21. The van der Waals surface area contributed by atoms with Crippen LogP contribution in [0.3, 0.4) is 0 Å². The standard InChI is InChI=1S/C15H12ClFIN3/c1-9(16)15-20-13-7-12(18)11(17)6-14(13)21(15)8-10-2-4-19-5-3-10/h2-7,9H,8H2,1H3. The predicted octanol–water partition coefficient (Wildman–Crippen LogP) is 4.52. The van der Waals surface area contributed by atoms with E-state index in [2.05, 4.69) is 9.97 Å². The average molecular weight is 416 g/mol. The fraction of sp³-hybridized carbons (Fsp3) is 0.200. The lowest BCUT2D eigenvalue weighted by Gasteiger charge is -2.10. The Balaban J connectivity index is 2.18. The average Bonchev–Trinajstić information content (AvgIpc) is 2.79. The Labute approximate surface area is 140 Å². The minimum absolute atomic E-state index is 0.243. The van der Waals surface area contributed by atoms with Crippen molar-refractivity contribution in [2.24, 2.45) is 0 Å². The molecule has 1 atom stereocenters. The molecular weight excluding hydrogens is 404 g/mol. The van der Waals surface area contributed by atoms with Gasteiger partial charge in [0.25, 0.3) is 0 Å². The molecule has 0 saturated heterocycles. The van der Waals surface area contributed by atoms with Crippen LogP contribution >= 0.6 is 34.2 Å². The van der Waals surface area contributed by atoms with Crippen molar-refractivity contribution in [2.75, 3.05) is 0 Å². The van der Waals surface area contributed by atoms with Crippen LogP contribution < -0.4 is 0 Å². The largest absolute Gasteiger partial charge is 0.322 e. The smallest absolute Gasteiger partial charge is 0.138 e. The molecule has 21 heavy (non-hydrogen) atoms. The number of fused-ring (bicyclic) bond motifs is 1. The van der Waals surface area contributed by atoms with Crippen LogP contribution in [-0.4, -0.2) is 14.5 Å². The third-order valence-corrected chi connectivity index (χ3v) is 4.29. The summed E-state index contributed by atoms with van der Waals surface area (Å²) in [5.41, 5.74) is 2.59. The molecule has 0 aliphatic rings. The quantitative estimate of drug-likeness (QED) is 0.465. The van der Waals surface area contributed by atoms with Gasteiger partial charge in [0.2, 0.25) is 0 Å². The Morgan fingerprint density at radius 3 is 2.71 bits per heavy atom. The molecule has 0 spiro atoms. The minimum atomic E-state index is -0.250. The molecular formula is C15H12ClFIN3. The highest BCUT2D eigenvalue weighted by atomic mass is 127. The monoisotopic (exact) mass is 415 g/mol. The lowest BCUT2D eigenvalue weighted by Crippen LogP contribution is -2.06. The predicted molar refractivity (Wildman–Crippen MR) is 90.0 cm³/mol. The van der Waals surface area contributed by atoms with Crippen LogP contribution in [0.15, 0.2) is 36.7 Å². The first-order valence-electron chi connectivity index (χ1n) is 6.44. The number of alkyl halides is 1. The van der Waals surface area contributed by atoms with E-state index in [1.165, 1.54) is 6.07 Å². The van der Waals surface area contributed by atoms with Crippen molar-refractivity contribution in [1.29, 1.82) is 0 Å². The van der Waals surface area contributed by atoms with E-state index in [9.17, 15) is 4.39 Å². The first kappa shape index (κ1) is 14.7. The van der Waals surface area contributed by atoms with Gasteiger partial charge in [0.15, 0.2) is 0 Å². The summed E-state index contributed by atoms with van der Waals surface area (Å²) in [6.07, 6.45) is 3.48. The Kier molecular flexibility index (Phi) is 4.12. The van der Waals surface area contributed by atoms with E-state index in [4.69, 9.17) is 11.6 Å². The van der Waals surface area contributed by atoms with E-state index < -0.39 is 0 Å². The molecule has 0 aliphatic carbocycles. The SMILES string of the molecule is CC(Cl)c1nc2cc(I)c(F)cc2n1Cc1ccncc1. The fourth-order valence-electron chi connectivity index (χ4n) is 2.28. The van der Waals surface area contributed by atoms with E-state index >= 15 is 0 Å². The van der Waals surface area contributed by atoms with Crippen LogP contribution in [0.25, 0.3) is 11.0 Å². The summed E-state index contributed by atoms with van der Waals surface area (Å²) in [5.74, 6) is 0.498. The Morgan fingerprint density at radius 2 is 2.05 bits per heavy atom. The van der Waals surface area contributed by atoms with E-state index in [0.717, 1.165) is 22.4 Å². The normalized spacial score (nSPS) is 12.8. The maximum Gasteiger partial charge on any atom is 0.138 e. The number of halogens is 3. The molecule has 0 amide bonds. The number of hydrogen-bond acceptors (Lipinski definition) is 2. The van der Waals surface area contributed by atoms with Crippen molar-refractivity contribution >= 4 is 45.2 Å². The molecule has 3 rings (SSSR count). The molecule has 6 heteroatoms. The van der Waals surface area contributed by atoms with Gasteiger partial charge in [-0.2, -0.15) is 0 Å². The van der Waals surface area contributed by atoms with Crippen molar-refractivity contribution < 1.29 is 4.39 Å². The van der Waals surface area contributed by atoms with Crippen molar-refractivity contribution in [2.45, 2.75) is 18.8 Å². The molecule has 1 aromatic carbocycles. The van der Waals surface area contributed by atoms with Gasteiger partial charge >= 0.3 is 0 Å². The number of nitrogens with zero attached hydrogens (tertiary/aromatic N) is 3. The Morgan fingerprint density at radius 1 is 1.33 bits per heavy atom. The third kappa shape index (κ3) is 2.89. The second kappa shape index (κ2) is 5.88. The van der Waals surface area contributed by atoms with Gasteiger partial charge in [-0.3, -0.25) is 4.98 Å². The molecule has 0 fully saturated rings. The number of aromatic nitrogens is 3. The van der Waals surface area contributed by atoms with Gasteiger partial charge in [0.1, 0.15) is 11.6 Å². The highest BCUT2D eigenvalue weighted by Crippen LogP contribution is 2.27. The highest BCUT2D eigenvalue weighted by Gasteiger charge is 2.17. The molecule has 0 N–H and O–H groups in total. The zero-order chi connectivity index (χ0) is 15.0. The van der Waals surface area contributed by atoms with Crippen molar-refractivity contribution in [1.82, 2.24) is 14.5 Å². The first-order chi connectivity index (χ1) is 10.1. The molecule has 1 unspecified atom stereocenters. The Bertz CT molecular complexity index is 786. The summed E-state index contributed by atoms with van der Waals surface area (Å²) in [6, 6.07) is 7.13. The highest BCUT2D eigenvalue weighted by molar-refractivity contribution is 14.1. The van der Waals surface area contributed by atoms with E-state index in [0.29, 0.717) is 10.1 Å². The van der Waals surface area contributed by atoms with Gasteiger partial charge in [-0.15, -0.1) is 11.6 Å². The fourth-order valence-corrected chi connectivity index (χ4v) is 2.90. The van der Waals surface area contributed by atoms with E-state index in [1.807, 2.05) is 46.2 Å². The first-order valence-corrected chi connectivity index (χ1v) is 7.96. The van der Waals surface area contributed by atoms with Gasteiger partial charge in [-0.05, 0) is 53.3 Å².